The van der Waals surface area contributed by atoms with Crippen LogP contribution in [0.2, 0.25) is 0 Å². The van der Waals surface area contributed by atoms with E-state index in [2.05, 4.69) is 0 Å². The van der Waals surface area contributed by atoms with E-state index in [1.165, 1.54) is 12.1 Å². The summed E-state index contributed by atoms with van der Waals surface area (Å²) in [6.45, 7) is 0. The molecule has 4 heteroatoms. The zero-order chi connectivity index (χ0) is 11.5. The highest BCUT2D eigenvalue weighted by molar-refractivity contribution is 5.36. The largest absolute Gasteiger partial charge is 0.485 e. The Bertz CT molecular complexity index is 428. The van der Waals surface area contributed by atoms with Crippen LogP contribution in [-0.4, -0.2) is 17.3 Å². The van der Waals surface area contributed by atoms with Crippen LogP contribution in [0.4, 0.5) is 4.39 Å². The minimum absolute atomic E-state index is 0.102. The van der Waals surface area contributed by atoms with Crippen LogP contribution in [0.15, 0.2) is 18.2 Å². The lowest BCUT2D eigenvalue weighted by molar-refractivity contribution is 0.0578. The van der Waals surface area contributed by atoms with Crippen LogP contribution in [0.25, 0.3) is 0 Å². The van der Waals surface area contributed by atoms with Crippen LogP contribution in [0.1, 0.15) is 24.8 Å². The van der Waals surface area contributed by atoms with Crippen molar-refractivity contribution in [3.63, 3.8) is 0 Å². The second kappa shape index (κ2) is 4.50. The molecule has 1 aliphatic carbocycles. The second-order valence-corrected chi connectivity index (χ2v) is 3.91. The van der Waals surface area contributed by atoms with Crippen molar-refractivity contribution in [2.24, 2.45) is 0 Å². The summed E-state index contributed by atoms with van der Waals surface area (Å²) in [7, 11) is 0. The zero-order valence-corrected chi connectivity index (χ0v) is 8.69. The normalized spacial score (nSPS) is 24.1. The Kier molecular flexibility index (Phi) is 3.07. The monoisotopic (exact) mass is 221 g/mol. The van der Waals surface area contributed by atoms with Crippen LogP contribution in [0.3, 0.4) is 0 Å². The van der Waals surface area contributed by atoms with Crippen LogP contribution in [-0.2, 0) is 0 Å². The Morgan fingerprint density at radius 2 is 2.25 bits per heavy atom. The van der Waals surface area contributed by atoms with E-state index in [0.717, 1.165) is 18.9 Å². The molecule has 1 aromatic carbocycles. The summed E-state index contributed by atoms with van der Waals surface area (Å²) in [5.41, 5.74) is 0.261. The van der Waals surface area contributed by atoms with Crippen LogP contribution in [0, 0.1) is 17.1 Å². The summed E-state index contributed by atoms with van der Waals surface area (Å²) < 4.78 is 18.8. The molecule has 1 saturated carbocycles. The van der Waals surface area contributed by atoms with E-state index in [1.807, 2.05) is 6.07 Å². The lowest BCUT2D eigenvalue weighted by Gasteiger charge is -2.17. The maximum Gasteiger partial charge on any atom is 0.166 e. The molecular formula is C12H12FNO2. The summed E-state index contributed by atoms with van der Waals surface area (Å²) in [5, 5.41) is 18.1. The molecular weight excluding hydrogens is 209 g/mol. The molecule has 3 nitrogen and oxygen atoms in total. The van der Waals surface area contributed by atoms with E-state index >= 15 is 0 Å². The number of halogens is 1. The summed E-state index contributed by atoms with van der Waals surface area (Å²) in [4.78, 5) is 0. The molecule has 0 spiro atoms. The van der Waals surface area contributed by atoms with Crippen molar-refractivity contribution < 1.29 is 14.2 Å². The molecule has 0 aromatic heterocycles. The van der Waals surface area contributed by atoms with Gasteiger partial charge >= 0.3 is 0 Å². The van der Waals surface area contributed by atoms with Gasteiger partial charge in [0, 0.05) is 0 Å². The molecule has 84 valence electrons. The fraction of sp³-hybridized carbons (Fsp3) is 0.417. The van der Waals surface area contributed by atoms with Crippen molar-refractivity contribution >= 4 is 0 Å². The van der Waals surface area contributed by atoms with Gasteiger partial charge in [-0.05, 0) is 37.5 Å². The number of nitrogens with zero attached hydrogens (tertiary/aromatic N) is 1. The van der Waals surface area contributed by atoms with Crippen molar-refractivity contribution in [3.8, 4) is 11.8 Å². The minimum Gasteiger partial charge on any atom is -0.485 e. The van der Waals surface area contributed by atoms with Gasteiger partial charge in [-0.1, -0.05) is 0 Å². The summed E-state index contributed by atoms with van der Waals surface area (Å²) in [5.74, 6) is -0.455. The maximum atomic E-state index is 13.5. The first-order valence-corrected chi connectivity index (χ1v) is 5.25. The van der Waals surface area contributed by atoms with Crippen molar-refractivity contribution in [2.45, 2.75) is 31.5 Å². The summed E-state index contributed by atoms with van der Waals surface area (Å²) in [6, 6.07) is 5.92. The number of hydrogen-bond acceptors (Lipinski definition) is 3. The van der Waals surface area contributed by atoms with Gasteiger partial charge in [0.1, 0.15) is 6.10 Å². The molecule has 1 fully saturated rings. The molecule has 0 unspecified atom stereocenters. The second-order valence-electron chi connectivity index (χ2n) is 3.91. The smallest absolute Gasteiger partial charge is 0.166 e. The predicted octanol–water partition coefficient (Wildman–Crippen LogP) is 1.99. The van der Waals surface area contributed by atoms with Crippen molar-refractivity contribution in [3.05, 3.63) is 29.6 Å². The quantitative estimate of drug-likeness (QED) is 0.830. The lowest BCUT2D eigenvalue weighted by Crippen LogP contribution is -2.25. The van der Waals surface area contributed by atoms with E-state index in [1.54, 1.807) is 0 Å². The average Bonchev–Trinajstić information content (AvgIpc) is 2.67. The van der Waals surface area contributed by atoms with Crippen molar-refractivity contribution in [2.75, 3.05) is 0 Å². The maximum absolute atomic E-state index is 13.5. The van der Waals surface area contributed by atoms with Crippen LogP contribution < -0.4 is 4.74 Å². The Morgan fingerprint density at radius 3 is 2.81 bits per heavy atom. The first-order valence-electron chi connectivity index (χ1n) is 5.25. The molecule has 1 aromatic rings. The van der Waals surface area contributed by atoms with Crippen LogP contribution >= 0.6 is 0 Å². The summed E-state index contributed by atoms with van der Waals surface area (Å²) in [6.07, 6.45) is 1.48. The van der Waals surface area contributed by atoms with Gasteiger partial charge in [0.15, 0.2) is 11.6 Å². The molecule has 0 radical (unpaired) electrons. The molecule has 0 amide bonds. The van der Waals surface area contributed by atoms with Gasteiger partial charge in [0.25, 0.3) is 0 Å². The first kappa shape index (κ1) is 10.9. The molecule has 2 atom stereocenters. The Labute approximate surface area is 93.1 Å². The number of rotatable bonds is 2. The van der Waals surface area contributed by atoms with Crippen LogP contribution in [0.5, 0.6) is 5.75 Å². The number of aliphatic hydroxyl groups excluding tert-OH is 1. The molecule has 1 aliphatic rings. The average molecular weight is 221 g/mol. The minimum atomic E-state index is -0.557. The fourth-order valence-corrected chi connectivity index (χ4v) is 1.87. The van der Waals surface area contributed by atoms with E-state index < -0.39 is 11.9 Å². The number of benzene rings is 1. The van der Waals surface area contributed by atoms with Crippen molar-refractivity contribution in [1.82, 2.24) is 0 Å². The third-order valence-electron chi connectivity index (χ3n) is 2.76. The predicted molar refractivity (Wildman–Crippen MR) is 55.4 cm³/mol. The molecule has 0 aliphatic heterocycles. The Morgan fingerprint density at radius 1 is 1.44 bits per heavy atom. The number of aliphatic hydroxyl groups is 1. The molecule has 2 rings (SSSR count). The molecule has 0 saturated heterocycles. The number of nitriles is 1. The highest BCUT2D eigenvalue weighted by Crippen LogP contribution is 2.26. The van der Waals surface area contributed by atoms with E-state index in [4.69, 9.17) is 10.00 Å². The Hall–Kier alpha value is -1.60. The van der Waals surface area contributed by atoms with E-state index in [9.17, 15) is 9.50 Å². The zero-order valence-electron chi connectivity index (χ0n) is 8.69. The molecule has 16 heavy (non-hydrogen) atoms. The van der Waals surface area contributed by atoms with Gasteiger partial charge in [-0.25, -0.2) is 4.39 Å². The van der Waals surface area contributed by atoms with Gasteiger partial charge in [-0.3, -0.25) is 0 Å². The molecule has 0 bridgehead atoms. The molecule has 0 heterocycles. The van der Waals surface area contributed by atoms with Gasteiger partial charge in [-0.15, -0.1) is 0 Å². The van der Waals surface area contributed by atoms with E-state index in [0.29, 0.717) is 6.42 Å². The topological polar surface area (TPSA) is 53.2 Å². The van der Waals surface area contributed by atoms with Gasteiger partial charge in [0.05, 0.1) is 17.7 Å². The van der Waals surface area contributed by atoms with Gasteiger partial charge in [0.2, 0.25) is 0 Å². The first-order chi connectivity index (χ1) is 7.70. The number of ether oxygens (including phenoxy) is 1. The number of hydrogen-bond donors (Lipinski definition) is 1. The van der Waals surface area contributed by atoms with E-state index in [-0.39, 0.29) is 17.4 Å². The third kappa shape index (κ3) is 2.15. The Balaban J connectivity index is 2.13. The standard InChI is InChI=1S/C12H12FNO2/c13-9-6-8(7-14)4-5-11(9)16-12-3-1-2-10(12)15/h4-6,10,12,15H,1-3H2/t10-,12-/m1/s1. The van der Waals surface area contributed by atoms with Crippen molar-refractivity contribution in [1.29, 1.82) is 5.26 Å². The lowest BCUT2D eigenvalue weighted by atomic mass is 10.2. The third-order valence-corrected chi connectivity index (χ3v) is 2.76. The van der Waals surface area contributed by atoms with Gasteiger partial charge < -0.3 is 9.84 Å². The highest BCUT2D eigenvalue weighted by Gasteiger charge is 2.27. The summed E-state index contributed by atoms with van der Waals surface area (Å²) >= 11 is 0. The van der Waals surface area contributed by atoms with Gasteiger partial charge in [-0.2, -0.15) is 5.26 Å². The fourth-order valence-electron chi connectivity index (χ4n) is 1.87. The molecule has 1 N–H and O–H groups in total. The SMILES string of the molecule is N#Cc1ccc(O[C@@H]2CCC[C@H]2O)c(F)c1. The highest BCUT2D eigenvalue weighted by atomic mass is 19.1.